The molecule has 3 N–H and O–H groups in total. The third-order valence-corrected chi connectivity index (χ3v) is 5.27. The summed E-state index contributed by atoms with van der Waals surface area (Å²) in [6.07, 6.45) is -1.05. The summed E-state index contributed by atoms with van der Waals surface area (Å²) in [5, 5.41) is 14.9. The van der Waals surface area contributed by atoms with Gasteiger partial charge in [0.1, 0.15) is 30.0 Å². The Bertz CT molecular complexity index is 1270. The van der Waals surface area contributed by atoms with Gasteiger partial charge in [0.15, 0.2) is 0 Å². The topological polar surface area (TPSA) is 153 Å². The van der Waals surface area contributed by atoms with Gasteiger partial charge in [-0.25, -0.2) is 14.4 Å². The van der Waals surface area contributed by atoms with Gasteiger partial charge < -0.3 is 34.4 Å². The molecule has 11 heteroatoms. The van der Waals surface area contributed by atoms with Crippen molar-refractivity contribution in [2.24, 2.45) is 0 Å². The molecular formula is C25H26N2O9. The molecule has 0 aliphatic heterocycles. The van der Waals surface area contributed by atoms with Crippen LogP contribution in [0.25, 0.3) is 11.0 Å². The number of methoxy groups -OCH3 is 2. The predicted octanol–water partition coefficient (Wildman–Crippen LogP) is 1.29. The molecule has 2 amide bonds. The number of carbonyl (C=O) groups excluding carboxylic acids is 3. The molecule has 0 saturated carbocycles. The number of amides is 2. The number of hydrogen-bond donors (Lipinski definition) is 3. The van der Waals surface area contributed by atoms with E-state index < -0.39 is 42.3 Å². The fourth-order valence-electron chi connectivity index (χ4n) is 3.44. The molecule has 3 aromatic rings. The maximum absolute atomic E-state index is 12.8. The van der Waals surface area contributed by atoms with E-state index in [0.29, 0.717) is 16.7 Å². The fourth-order valence-corrected chi connectivity index (χ4v) is 3.44. The molecule has 36 heavy (non-hydrogen) atoms. The van der Waals surface area contributed by atoms with Crippen LogP contribution in [0.5, 0.6) is 5.75 Å². The van der Waals surface area contributed by atoms with Crippen molar-refractivity contribution < 1.29 is 38.1 Å². The predicted molar refractivity (Wildman–Crippen MR) is 127 cm³/mol. The lowest BCUT2D eigenvalue weighted by molar-refractivity contribution is -0.145. The monoisotopic (exact) mass is 498 g/mol. The van der Waals surface area contributed by atoms with E-state index in [1.807, 2.05) is 6.07 Å². The largest absolute Gasteiger partial charge is 0.497 e. The molecule has 2 atom stereocenters. The second-order valence-electron chi connectivity index (χ2n) is 7.68. The summed E-state index contributed by atoms with van der Waals surface area (Å²) in [5.41, 5.74) is 0.732. The summed E-state index contributed by atoms with van der Waals surface area (Å²) in [6.45, 7) is -0.788. The van der Waals surface area contributed by atoms with E-state index >= 15 is 0 Å². The van der Waals surface area contributed by atoms with Gasteiger partial charge in [-0.3, -0.25) is 4.79 Å². The zero-order chi connectivity index (χ0) is 26.1. The van der Waals surface area contributed by atoms with E-state index in [1.165, 1.54) is 19.2 Å². The Balaban J connectivity index is 1.72. The number of benzene rings is 2. The summed E-state index contributed by atoms with van der Waals surface area (Å²) in [5.74, 6) is -1.17. The molecule has 1 heterocycles. The van der Waals surface area contributed by atoms with Crippen LogP contribution in [0.1, 0.15) is 11.1 Å². The van der Waals surface area contributed by atoms with Crippen LogP contribution in [-0.4, -0.2) is 56.0 Å². The SMILES string of the molecule is COC(=O)[C@H](Cc1cc(=O)oc2cc(OC)ccc12)NC(=O)[C@H](CO)NC(=O)OCc1ccccc1. The van der Waals surface area contributed by atoms with E-state index in [1.54, 1.807) is 36.4 Å². The first-order chi connectivity index (χ1) is 17.3. The molecule has 0 aliphatic carbocycles. The molecule has 0 radical (unpaired) electrons. The van der Waals surface area contributed by atoms with Gasteiger partial charge in [0, 0.05) is 23.9 Å². The molecule has 3 rings (SSSR count). The number of alkyl carbamates (subject to hydrolysis) is 1. The van der Waals surface area contributed by atoms with E-state index in [2.05, 4.69) is 10.6 Å². The lowest BCUT2D eigenvalue weighted by Gasteiger charge is -2.21. The molecule has 2 aromatic carbocycles. The Labute approximate surface area is 206 Å². The van der Waals surface area contributed by atoms with Crippen LogP contribution >= 0.6 is 0 Å². The minimum Gasteiger partial charge on any atom is -0.497 e. The Kier molecular flexibility index (Phi) is 9.01. The zero-order valence-corrected chi connectivity index (χ0v) is 19.7. The van der Waals surface area contributed by atoms with Crippen LogP contribution in [-0.2, 0) is 32.1 Å². The smallest absolute Gasteiger partial charge is 0.408 e. The maximum atomic E-state index is 12.8. The third-order valence-electron chi connectivity index (χ3n) is 5.27. The van der Waals surface area contributed by atoms with Crippen LogP contribution in [0, 0.1) is 0 Å². The lowest BCUT2D eigenvalue weighted by atomic mass is 10.0. The van der Waals surface area contributed by atoms with Gasteiger partial charge in [-0.2, -0.15) is 0 Å². The lowest BCUT2D eigenvalue weighted by Crippen LogP contribution is -2.54. The maximum Gasteiger partial charge on any atom is 0.408 e. The Hall–Kier alpha value is -4.38. The highest BCUT2D eigenvalue weighted by Gasteiger charge is 2.28. The van der Waals surface area contributed by atoms with E-state index in [4.69, 9.17) is 18.6 Å². The van der Waals surface area contributed by atoms with Gasteiger partial charge in [-0.15, -0.1) is 0 Å². The highest BCUT2D eigenvalue weighted by Crippen LogP contribution is 2.23. The van der Waals surface area contributed by atoms with Gasteiger partial charge in [0.2, 0.25) is 5.91 Å². The van der Waals surface area contributed by atoms with Crippen LogP contribution < -0.4 is 21.0 Å². The van der Waals surface area contributed by atoms with Crippen LogP contribution in [0.2, 0.25) is 0 Å². The van der Waals surface area contributed by atoms with Crippen molar-refractivity contribution in [3.05, 3.63) is 76.1 Å². The number of nitrogens with one attached hydrogen (secondary N) is 2. The number of carbonyl (C=O) groups is 3. The summed E-state index contributed by atoms with van der Waals surface area (Å²) < 4.78 is 20.2. The third kappa shape index (κ3) is 6.83. The van der Waals surface area contributed by atoms with E-state index in [-0.39, 0.29) is 18.6 Å². The molecule has 0 spiro atoms. The highest BCUT2D eigenvalue weighted by atomic mass is 16.5. The second kappa shape index (κ2) is 12.4. The van der Waals surface area contributed by atoms with Crippen molar-refractivity contribution in [1.29, 1.82) is 0 Å². The normalized spacial score (nSPS) is 12.3. The molecule has 0 aliphatic rings. The van der Waals surface area contributed by atoms with Crippen molar-refractivity contribution in [3.8, 4) is 5.75 Å². The van der Waals surface area contributed by atoms with Crippen molar-refractivity contribution in [2.45, 2.75) is 25.1 Å². The zero-order valence-electron chi connectivity index (χ0n) is 19.7. The number of esters is 1. The van der Waals surface area contributed by atoms with Crippen LogP contribution in [0.4, 0.5) is 4.79 Å². The van der Waals surface area contributed by atoms with Gasteiger partial charge in [-0.05, 0) is 23.3 Å². The first-order valence-electron chi connectivity index (χ1n) is 10.9. The summed E-state index contributed by atoms with van der Waals surface area (Å²) in [7, 11) is 2.61. The van der Waals surface area contributed by atoms with Crippen molar-refractivity contribution >= 4 is 28.9 Å². The Morgan fingerprint density at radius 1 is 1.00 bits per heavy atom. The number of rotatable bonds is 10. The standard InChI is InChI=1S/C25H26N2O9/c1-33-17-8-9-18-16(11-22(29)36-21(18)12-17)10-19(24(31)34-2)26-23(30)20(13-28)27-25(32)35-14-15-6-4-3-5-7-15/h3-9,11-12,19-20,28H,10,13-14H2,1-2H3,(H,26,30)(H,27,32)/t19-,20-/m0/s1. The number of fused-ring (bicyclic) bond motifs is 1. The first kappa shape index (κ1) is 26.2. The number of aliphatic hydroxyl groups is 1. The molecule has 0 saturated heterocycles. The molecule has 11 nitrogen and oxygen atoms in total. The minimum absolute atomic E-state index is 0.0360. The van der Waals surface area contributed by atoms with E-state index in [0.717, 1.165) is 12.7 Å². The average molecular weight is 498 g/mol. The molecule has 1 aromatic heterocycles. The quantitative estimate of drug-likeness (QED) is 0.277. The summed E-state index contributed by atoms with van der Waals surface area (Å²) in [4.78, 5) is 49.4. The number of aliphatic hydroxyl groups excluding tert-OH is 1. The second-order valence-corrected chi connectivity index (χ2v) is 7.68. The summed E-state index contributed by atoms with van der Waals surface area (Å²) in [6, 6.07) is 12.3. The van der Waals surface area contributed by atoms with Crippen molar-refractivity contribution in [1.82, 2.24) is 10.6 Å². The molecule has 0 bridgehead atoms. The highest BCUT2D eigenvalue weighted by molar-refractivity contribution is 5.90. The first-order valence-corrected chi connectivity index (χ1v) is 10.9. The van der Waals surface area contributed by atoms with Gasteiger partial charge in [-0.1, -0.05) is 30.3 Å². The Morgan fingerprint density at radius 2 is 1.75 bits per heavy atom. The van der Waals surface area contributed by atoms with Gasteiger partial charge in [0.05, 0.1) is 20.8 Å². The van der Waals surface area contributed by atoms with Gasteiger partial charge >= 0.3 is 17.7 Å². The van der Waals surface area contributed by atoms with Crippen LogP contribution in [0.15, 0.2) is 63.8 Å². The van der Waals surface area contributed by atoms with Crippen molar-refractivity contribution in [2.75, 3.05) is 20.8 Å². The molecule has 190 valence electrons. The average Bonchev–Trinajstić information content (AvgIpc) is 2.89. The summed E-state index contributed by atoms with van der Waals surface area (Å²) >= 11 is 0. The van der Waals surface area contributed by atoms with E-state index in [9.17, 15) is 24.3 Å². The number of ether oxygens (including phenoxy) is 3. The molecule has 0 fully saturated rings. The number of hydrogen-bond acceptors (Lipinski definition) is 9. The van der Waals surface area contributed by atoms with Crippen molar-refractivity contribution in [3.63, 3.8) is 0 Å². The molecule has 0 unspecified atom stereocenters. The van der Waals surface area contributed by atoms with Crippen LogP contribution in [0.3, 0.4) is 0 Å². The Morgan fingerprint density at radius 3 is 2.42 bits per heavy atom. The molecular weight excluding hydrogens is 472 g/mol. The fraction of sp³-hybridized carbons (Fsp3) is 0.280. The van der Waals surface area contributed by atoms with Gasteiger partial charge in [0.25, 0.3) is 0 Å². The minimum atomic E-state index is -1.40.